The van der Waals surface area contributed by atoms with Crippen molar-refractivity contribution in [2.75, 3.05) is 13.7 Å². The van der Waals surface area contributed by atoms with E-state index in [1.165, 1.54) is 7.11 Å². The van der Waals surface area contributed by atoms with Gasteiger partial charge in [-0.05, 0) is 43.0 Å². The zero-order valence-electron chi connectivity index (χ0n) is 10.8. The van der Waals surface area contributed by atoms with Crippen LogP contribution >= 0.6 is 0 Å². The van der Waals surface area contributed by atoms with E-state index >= 15 is 0 Å². The number of carbonyl (C=O) groups is 2. The van der Waals surface area contributed by atoms with Crippen LogP contribution in [0.25, 0.3) is 0 Å². The Balaban J connectivity index is 1.83. The number of rotatable bonds is 5. The highest BCUT2D eigenvalue weighted by atomic mass is 16.5. The number of hydrogen-bond donors (Lipinski definition) is 0. The smallest absolute Gasteiger partial charge is 0.337 e. The highest BCUT2D eigenvalue weighted by Gasteiger charge is 2.15. The van der Waals surface area contributed by atoms with Crippen molar-refractivity contribution in [2.45, 2.75) is 19.3 Å². The summed E-state index contributed by atoms with van der Waals surface area (Å²) < 4.78 is 9.48. The predicted octanol–water partition coefficient (Wildman–Crippen LogP) is 2.28. The first-order valence-corrected chi connectivity index (χ1v) is 6.24. The van der Waals surface area contributed by atoms with E-state index in [4.69, 9.17) is 4.74 Å². The van der Waals surface area contributed by atoms with E-state index in [0.29, 0.717) is 12.2 Å². The number of hydrogen-bond acceptors (Lipinski definition) is 4. The fraction of sp³-hybridized carbons (Fsp3) is 0.333. The Kier molecular flexibility index (Phi) is 4.34. The summed E-state index contributed by atoms with van der Waals surface area (Å²) in [7, 11) is 1.37. The summed E-state index contributed by atoms with van der Waals surface area (Å²) in [6, 6.07) is 7.33. The molecule has 4 nitrogen and oxygen atoms in total. The van der Waals surface area contributed by atoms with Crippen molar-refractivity contribution in [1.29, 1.82) is 0 Å². The molecule has 0 amide bonds. The fourth-order valence-corrected chi connectivity index (χ4v) is 2.01. The first kappa shape index (κ1) is 13.3. The maximum Gasteiger partial charge on any atom is 0.337 e. The SMILES string of the molecule is COC(=O)c1ccc(CCCC2=CCOC2=O)cc1. The molecular formula is C15H16O4. The van der Waals surface area contributed by atoms with Crippen LogP contribution in [-0.2, 0) is 20.7 Å². The van der Waals surface area contributed by atoms with E-state index in [0.717, 1.165) is 30.4 Å². The van der Waals surface area contributed by atoms with Crippen molar-refractivity contribution in [3.63, 3.8) is 0 Å². The molecule has 0 atom stereocenters. The quantitative estimate of drug-likeness (QED) is 0.762. The minimum Gasteiger partial charge on any atom is -0.465 e. The lowest BCUT2D eigenvalue weighted by Gasteiger charge is -2.03. The van der Waals surface area contributed by atoms with E-state index in [1.807, 2.05) is 18.2 Å². The maximum absolute atomic E-state index is 11.3. The van der Waals surface area contributed by atoms with Crippen LogP contribution in [0, 0.1) is 0 Å². The molecule has 1 heterocycles. The summed E-state index contributed by atoms with van der Waals surface area (Å²) in [5.74, 6) is -0.522. The van der Waals surface area contributed by atoms with Gasteiger partial charge >= 0.3 is 11.9 Å². The van der Waals surface area contributed by atoms with Gasteiger partial charge in [-0.15, -0.1) is 0 Å². The molecule has 0 saturated carbocycles. The predicted molar refractivity (Wildman–Crippen MR) is 69.8 cm³/mol. The van der Waals surface area contributed by atoms with Gasteiger partial charge in [0.1, 0.15) is 6.61 Å². The third-order valence-electron chi connectivity index (χ3n) is 3.09. The van der Waals surface area contributed by atoms with Crippen molar-refractivity contribution < 1.29 is 19.1 Å². The molecule has 0 N–H and O–H groups in total. The van der Waals surface area contributed by atoms with E-state index in [2.05, 4.69) is 4.74 Å². The van der Waals surface area contributed by atoms with Crippen LogP contribution in [0.5, 0.6) is 0 Å². The standard InChI is InChI=1S/C15H16O4/c1-18-14(16)13-7-5-11(6-8-13)3-2-4-12-9-10-19-15(12)17/h5-9H,2-4,10H2,1H3. The van der Waals surface area contributed by atoms with Gasteiger partial charge in [0.2, 0.25) is 0 Å². The Hall–Kier alpha value is -2.10. The molecule has 19 heavy (non-hydrogen) atoms. The fourth-order valence-electron chi connectivity index (χ4n) is 2.01. The average Bonchev–Trinajstić information content (AvgIpc) is 2.84. The van der Waals surface area contributed by atoms with Crippen LogP contribution in [0.1, 0.15) is 28.8 Å². The number of esters is 2. The van der Waals surface area contributed by atoms with Gasteiger partial charge < -0.3 is 9.47 Å². The Morgan fingerprint density at radius 3 is 2.58 bits per heavy atom. The summed E-state index contributed by atoms with van der Waals surface area (Å²) in [4.78, 5) is 22.5. The average molecular weight is 260 g/mol. The highest BCUT2D eigenvalue weighted by Crippen LogP contribution is 2.16. The van der Waals surface area contributed by atoms with E-state index < -0.39 is 0 Å². The number of cyclic esters (lactones) is 1. The topological polar surface area (TPSA) is 52.6 Å². The molecule has 0 saturated heterocycles. The van der Waals surface area contributed by atoms with E-state index in [9.17, 15) is 9.59 Å². The van der Waals surface area contributed by atoms with Crippen molar-refractivity contribution in [3.8, 4) is 0 Å². The number of carbonyl (C=O) groups excluding carboxylic acids is 2. The first-order valence-electron chi connectivity index (χ1n) is 6.24. The lowest BCUT2D eigenvalue weighted by molar-refractivity contribution is -0.136. The van der Waals surface area contributed by atoms with Crippen molar-refractivity contribution in [1.82, 2.24) is 0 Å². The lowest BCUT2D eigenvalue weighted by atomic mass is 10.0. The zero-order chi connectivity index (χ0) is 13.7. The number of ether oxygens (including phenoxy) is 2. The van der Waals surface area contributed by atoms with Crippen molar-refractivity contribution >= 4 is 11.9 Å². The summed E-state index contributed by atoms with van der Waals surface area (Å²) in [6.07, 6.45) is 4.32. The van der Waals surface area contributed by atoms with Crippen molar-refractivity contribution in [2.24, 2.45) is 0 Å². The van der Waals surface area contributed by atoms with Gasteiger partial charge in [0, 0.05) is 5.57 Å². The van der Waals surface area contributed by atoms with Crippen LogP contribution < -0.4 is 0 Å². The molecule has 0 aromatic heterocycles. The number of aryl methyl sites for hydroxylation is 1. The molecular weight excluding hydrogens is 244 g/mol. The molecule has 1 aromatic carbocycles. The van der Waals surface area contributed by atoms with Gasteiger partial charge in [0.05, 0.1) is 12.7 Å². The third-order valence-corrected chi connectivity index (χ3v) is 3.09. The van der Waals surface area contributed by atoms with Crippen molar-refractivity contribution in [3.05, 3.63) is 47.0 Å². The second kappa shape index (κ2) is 6.18. The van der Waals surface area contributed by atoms with Gasteiger partial charge in [-0.1, -0.05) is 12.1 Å². The molecule has 2 rings (SSSR count). The Bertz CT molecular complexity index is 499. The summed E-state index contributed by atoms with van der Waals surface area (Å²) in [5, 5.41) is 0. The molecule has 0 spiro atoms. The molecule has 0 radical (unpaired) electrons. The largest absolute Gasteiger partial charge is 0.465 e. The minimum atomic E-state index is -0.328. The van der Waals surface area contributed by atoms with Crippen LogP contribution in [-0.4, -0.2) is 25.7 Å². The van der Waals surface area contributed by atoms with Crippen LogP contribution in [0.4, 0.5) is 0 Å². The summed E-state index contributed by atoms with van der Waals surface area (Å²) in [6.45, 7) is 0.405. The molecule has 0 bridgehead atoms. The van der Waals surface area contributed by atoms with Gasteiger partial charge in [-0.2, -0.15) is 0 Å². The summed E-state index contributed by atoms with van der Waals surface area (Å²) in [5.41, 5.74) is 2.46. The first-order chi connectivity index (χ1) is 9.20. The molecule has 1 aliphatic heterocycles. The molecule has 1 aliphatic rings. The highest BCUT2D eigenvalue weighted by molar-refractivity contribution is 5.90. The molecule has 1 aromatic rings. The van der Waals surface area contributed by atoms with Crippen LogP contribution in [0.3, 0.4) is 0 Å². The minimum absolute atomic E-state index is 0.193. The number of benzene rings is 1. The lowest BCUT2D eigenvalue weighted by Crippen LogP contribution is -2.01. The second-order valence-electron chi connectivity index (χ2n) is 4.37. The Morgan fingerprint density at radius 2 is 2.00 bits per heavy atom. The molecule has 0 aliphatic carbocycles. The van der Waals surface area contributed by atoms with Crippen LogP contribution in [0.2, 0.25) is 0 Å². The monoisotopic (exact) mass is 260 g/mol. The summed E-state index contributed by atoms with van der Waals surface area (Å²) >= 11 is 0. The Labute approximate surface area is 112 Å². The molecule has 0 fully saturated rings. The molecule has 0 unspecified atom stereocenters. The maximum atomic E-state index is 11.3. The van der Waals surface area contributed by atoms with E-state index in [1.54, 1.807) is 12.1 Å². The second-order valence-corrected chi connectivity index (χ2v) is 4.37. The zero-order valence-corrected chi connectivity index (χ0v) is 10.8. The van der Waals surface area contributed by atoms with Gasteiger partial charge in [0.15, 0.2) is 0 Å². The Morgan fingerprint density at radius 1 is 1.26 bits per heavy atom. The molecule has 100 valence electrons. The van der Waals surface area contributed by atoms with Gasteiger partial charge in [-0.3, -0.25) is 0 Å². The van der Waals surface area contributed by atoms with Crippen LogP contribution in [0.15, 0.2) is 35.9 Å². The molecule has 4 heteroatoms. The number of methoxy groups -OCH3 is 1. The normalized spacial score (nSPS) is 13.9. The third kappa shape index (κ3) is 3.44. The van der Waals surface area contributed by atoms with E-state index in [-0.39, 0.29) is 11.9 Å². The van der Waals surface area contributed by atoms with Gasteiger partial charge in [0.25, 0.3) is 0 Å². The van der Waals surface area contributed by atoms with Gasteiger partial charge in [-0.25, -0.2) is 9.59 Å².